The molecule has 1 rings (SSSR count). The average Bonchev–Trinajstić information content (AvgIpc) is 2.30. The largest absolute Gasteiger partial charge is 0.377 e. The van der Waals surface area contributed by atoms with Gasteiger partial charge in [0, 0.05) is 7.11 Å². The molecule has 0 aromatic rings. The normalized spacial score (nSPS) is 24.2. The fourth-order valence-electron chi connectivity index (χ4n) is 3.12. The zero-order chi connectivity index (χ0) is 14.7. The molecule has 1 atom stereocenters. The second-order valence-electron chi connectivity index (χ2n) is 8.25. The summed E-state index contributed by atoms with van der Waals surface area (Å²) in [6.45, 7) is 11.6. The van der Waals surface area contributed by atoms with E-state index in [9.17, 15) is 0 Å². The van der Waals surface area contributed by atoms with Crippen LogP contribution < -0.4 is 11.3 Å². The average molecular weight is 270 g/mol. The van der Waals surface area contributed by atoms with Gasteiger partial charge in [0.05, 0.1) is 11.6 Å². The smallest absolute Gasteiger partial charge is 0.0844 e. The van der Waals surface area contributed by atoms with Gasteiger partial charge in [-0.05, 0) is 49.4 Å². The Balaban J connectivity index is 2.70. The minimum Gasteiger partial charge on any atom is -0.377 e. The van der Waals surface area contributed by atoms with Gasteiger partial charge in [0.15, 0.2) is 0 Å². The highest BCUT2D eigenvalue weighted by Gasteiger charge is 2.43. The maximum atomic E-state index is 5.95. The van der Waals surface area contributed by atoms with E-state index >= 15 is 0 Å². The number of rotatable bonds is 5. The standard InChI is InChI=1S/C16H34N2O/c1-14(2,3)8-7-13(18-17)16(19-6)11-9-15(4,5)10-12-16/h13,18H,7-12,17H2,1-6H3. The van der Waals surface area contributed by atoms with E-state index in [1.54, 1.807) is 0 Å². The first-order valence-corrected chi connectivity index (χ1v) is 7.65. The van der Waals surface area contributed by atoms with Crippen molar-refractivity contribution in [3.63, 3.8) is 0 Å². The second-order valence-corrected chi connectivity index (χ2v) is 8.25. The van der Waals surface area contributed by atoms with Crippen LogP contribution in [0.2, 0.25) is 0 Å². The molecule has 0 spiro atoms. The summed E-state index contributed by atoms with van der Waals surface area (Å²) in [4.78, 5) is 0. The minimum atomic E-state index is -0.0739. The summed E-state index contributed by atoms with van der Waals surface area (Å²) in [5, 5.41) is 0. The van der Waals surface area contributed by atoms with E-state index in [4.69, 9.17) is 10.6 Å². The zero-order valence-corrected chi connectivity index (χ0v) is 13.8. The van der Waals surface area contributed by atoms with Gasteiger partial charge in [0.25, 0.3) is 0 Å². The van der Waals surface area contributed by atoms with Crippen molar-refractivity contribution >= 4 is 0 Å². The van der Waals surface area contributed by atoms with Gasteiger partial charge >= 0.3 is 0 Å². The lowest BCUT2D eigenvalue weighted by molar-refractivity contribution is -0.0894. The Bertz CT molecular complexity index is 271. The number of ether oxygens (including phenoxy) is 1. The fourth-order valence-corrected chi connectivity index (χ4v) is 3.12. The lowest BCUT2D eigenvalue weighted by Gasteiger charge is -2.47. The van der Waals surface area contributed by atoms with Crippen molar-refractivity contribution in [3.05, 3.63) is 0 Å². The van der Waals surface area contributed by atoms with Crippen LogP contribution in [-0.2, 0) is 4.74 Å². The number of nitrogens with one attached hydrogen (secondary N) is 1. The summed E-state index contributed by atoms with van der Waals surface area (Å²) in [7, 11) is 1.85. The lowest BCUT2D eigenvalue weighted by Crippen LogP contribution is -2.56. The van der Waals surface area contributed by atoms with Crippen LogP contribution in [0, 0.1) is 10.8 Å². The molecule has 0 bridgehead atoms. The number of methoxy groups -OCH3 is 1. The van der Waals surface area contributed by atoms with Crippen LogP contribution in [0.5, 0.6) is 0 Å². The molecule has 1 aliphatic rings. The molecule has 0 saturated heterocycles. The van der Waals surface area contributed by atoms with E-state index in [0.717, 1.165) is 25.7 Å². The molecule has 1 fully saturated rings. The maximum absolute atomic E-state index is 5.95. The molecule has 1 unspecified atom stereocenters. The molecule has 3 N–H and O–H groups in total. The third kappa shape index (κ3) is 4.73. The van der Waals surface area contributed by atoms with Crippen molar-refractivity contribution in [1.29, 1.82) is 0 Å². The first-order valence-electron chi connectivity index (χ1n) is 7.65. The molecular formula is C16H34N2O. The van der Waals surface area contributed by atoms with Crippen LogP contribution in [0.4, 0.5) is 0 Å². The van der Waals surface area contributed by atoms with Crippen molar-refractivity contribution in [2.75, 3.05) is 7.11 Å². The maximum Gasteiger partial charge on any atom is 0.0844 e. The van der Waals surface area contributed by atoms with Crippen LogP contribution in [0.25, 0.3) is 0 Å². The number of hydrazine groups is 1. The fraction of sp³-hybridized carbons (Fsp3) is 1.00. The van der Waals surface area contributed by atoms with Gasteiger partial charge in [-0.3, -0.25) is 11.3 Å². The van der Waals surface area contributed by atoms with Crippen molar-refractivity contribution in [2.45, 2.75) is 84.8 Å². The van der Waals surface area contributed by atoms with Gasteiger partial charge in [-0.15, -0.1) is 0 Å². The van der Waals surface area contributed by atoms with Crippen LogP contribution in [0.15, 0.2) is 0 Å². The minimum absolute atomic E-state index is 0.0739. The highest BCUT2D eigenvalue weighted by atomic mass is 16.5. The van der Waals surface area contributed by atoms with E-state index < -0.39 is 0 Å². The number of nitrogens with two attached hydrogens (primary N) is 1. The summed E-state index contributed by atoms with van der Waals surface area (Å²) < 4.78 is 5.95. The van der Waals surface area contributed by atoms with E-state index in [0.29, 0.717) is 10.8 Å². The molecule has 1 aliphatic carbocycles. The van der Waals surface area contributed by atoms with Crippen molar-refractivity contribution in [2.24, 2.45) is 16.7 Å². The molecule has 1 saturated carbocycles. The Hall–Kier alpha value is -0.120. The molecule has 3 nitrogen and oxygen atoms in total. The van der Waals surface area contributed by atoms with Crippen LogP contribution in [0.3, 0.4) is 0 Å². The predicted molar refractivity (Wildman–Crippen MR) is 81.8 cm³/mol. The molecule has 0 amide bonds. The highest BCUT2D eigenvalue weighted by molar-refractivity contribution is 4.98. The van der Waals surface area contributed by atoms with Crippen LogP contribution in [-0.4, -0.2) is 18.8 Å². The first-order chi connectivity index (χ1) is 8.64. The lowest BCUT2D eigenvalue weighted by atomic mass is 9.67. The van der Waals surface area contributed by atoms with Crippen LogP contribution in [0.1, 0.15) is 73.1 Å². The van der Waals surface area contributed by atoms with Gasteiger partial charge in [0.1, 0.15) is 0 Å². The quantitative estimate of drug-likeness (QED) is 0.592. The number of hydrogen-bond acceptors (Lipinski definition) is 3. The molecule has 19 heavy (non-hydrogen) atoms. The van der Waals surface area contributed by atoms with Gasteiger partial charge < -0.3 is 4.74 Å². The molecule has 0 heterocycles. The third-order valence-electron chi connectivity index (χ3n) is 4.88. The Kier molecular flexibility index (Phi) is 5.44. The zero-order valence-electron chi connectivity index (χ0n) is 13.8. The summed E-state index contributed by atoms with van der Waals surface area (Å²) in [5.74, 6) is 5.83. The van der Waals surface area contributed by atoms with Crippen molar-refractivity contribution in [3.8, 4) is 0 Å². The predicted octanol–water partition coefficient (Wildman–Crippen LogP) is 3.63. The highest BCUT2D eigenvalue weighted by Crippen LogP contribution is 2.44. The molecule has 3 heteroatoms. The summed E-state index contributed by atoms with van der Waals surface area (Å²) >= 11 is 0. The summed E-state index contributed by atoms with van der Waals surface area (Å²) in [6.07, 6.45) is 6.89. The second kappa shape index (κ2) is 6.11. The molecule has 0 radical (unpaired) electrons. The SMILES string of the molecule is COC1(C(CCC(C)(C)C)NN)CCC(C)(C)CC1. The molecule has 0 aromatic heterocycles. The van der Waals surface area contributed by atoms with E-state index in [1.165, 1.54) is 12.8 Å². The summed E-state index contributed by atoms with van der Waals surface area (Å²) in [5.41, 5.74) is 3.76. The molecule has 0 aromatic carbocycles. The van der Waals surface area contributed by atoms with Crippen molar-refractivity contribution in [1.82, 2.24) is 5.43 Å². The summed E-state index contributed by atoms with van der Waals surface area (Å²) in [6, 6.07) is 0.257. The molecule has 114 valence electrons. The topological polar surface area (TPSA) is 47.3 Å². The number of hydrogen-bond donors (Lipinski definition) is 2. The first kappa shape index (κ1) is 16.9. The molecule has 0 aliphatic heterocycles. The monoisotopic (exact) mass is 270 g/mol. The van der Waals surface area contributed by atoms with Gasteiger partial charge in [-0.2, -0.15) is 0 Å². The van der Waals surface area contributed by atoms with E-state index in [-0.39, 0.29) is 11.6 Å². The van der Waals surface area contributed by atoms with Gasteiger partial charge in [-0.25, -0.2) is 0 Å². The Morgan fingerprint density at radius 1 is 1.16 bits per heavy atom. The van der Waals surface area contributed by atoms with Crippen LogP contribution >= 0.6 is 0 Å². The third-order valence-corrected chi connectivity index (χ3v) is 4.88. The van der Waals surface area contributed by atoms with E-state index in [1.807, 2.05) is 7.11 Å². The van der Waals surface area contributed by atoms with Crippen molar-refractivity contribution < 1.29 is 4.74 Å². The molecular weight excluding hydrogens is 236 g/mol. The van der Waals surface area contributed by atoms with Gasteiger partial charge in [0.2, 0.25) is 0 Å². The Labute approximate surface area is 119 Å². The Morgan fingerprint density at radius 3 is 2.05 bits per heavy atom. The van der Waals surface area contributed by atoms with Gasteiger partial charge in [-0.1, -0.05) is 34.6 Å². The Morgan fingerprint density at radius 2 is 1.68 bits per heavy atom. The van der Waals surface area contributed by atoms with E-state index in [2.05, 4.69) is 40.0 Å².